The van der Waals surface area contributed by atoms with Crippen LogP contribution >= 0.6 is 22.9 Å². The molecule has 0 bridgehead atoms. The Kier molecular flexibility index (Phi) is 6.02. The molecule has 3 aromatic rings. The maximum atomic E-state index is 13.6. The largest absolute Gasteiger partial charge is 0.486 e. The van der Waals surface area contributed by atoms with Gasteiger partial charge in [0.15, 0.2) is 16.3 Å². The van der Waals surface area contributed by atoms with E-state index in [1.165, 1.54) is 15.9 Å². The Morgan fingerprint density at radius 2 is 2.00 bits per heavy atom. The third-order valence-corrected chi connectivity index (χ3v) is 6.91. The van der Waals surface area contributed by atoms with Gasteiger partial charge < -0.3 is 14.2 Å². The second-order valence-electron chi connectivity index (χ2n) is 7.73. The molecule has 1 unspecified atom stereocenters. The number of carbonyl (C=O) groups excluding carboxylic acids is 1. The van der Waals surface area contributed by atoms with Crippen LogP contribution in [0.25, 0.3) is 6.08 Å². The number of benzene rings is 2. The first kappa shape index (κ1) is 22.4. The summed E-state index contributed by atoms with van der Waals surface area (Å²) in [6.07, 6.45) is 1.79. The smallest absolute Gasteiger partial charge is 0.338 e. The molecule has 0 spiro atoms. The predicted molar refractivity (Wildman–Crippen MR) is 129 cm³/mol. The van der Waals surface area contributed by atoms with Crippen LogP contribution in [0.5, 0.6) is 11.5 Å². The topological polar surface area (TPSA) is 79.1 Å². The van der Waals surface area contributed by atoms with Crippen LogP contribution in [0.15, 0.2) is 63.5 Å². The molecular formula is C25H21ClN2O5S. The lowest BCUT2D eigenvalue weighted by molar-refractivity contribution is -0.139. The van der Waals surface area contributed by atoms with Crippen LogP contribution in [0, 0.1) is 0 Å². The van der Waals surface area contributed by atoms with E-state index >= 15 is 0 Å². The molecule has 0 radical (unpaired) electrons. The van der Waals surface area contributed by atoms with Crippen molar-refractivity contribution in [2.45, 2.75) is 19.9 Å². The van der Waals surface area contributed by atoms with E-state index in [9.17, 15) is 9.59 Å². The summed E-state index contributed by atoms with van der Waals surface area (Å²) in [5.41, 5.74) is 1.96. The van der Waals surface area contributed by atoms with Crippen LogP contribution in [0.4, 0.5) is 0 Å². The minimum atomic E-state index is -0.744. The maximum Gasteiger partial charge on any atom is 0.338 e. The van der Waals surface area contributed by atoms with Gasteiger partial charge in [-0.3, -0.25) is 9.36 Å². The molecule has 1 aromatic heterocycles. The lowest BCUT2D eigenvalue weighted by Crippen LogP contribution is -2.40. The summed E-state index contributed by atoms with van der Waals surface area (Å²) in [5, 5.41) is 0.449. The number of halogens is 1. The van der Waals surface area contributed by atoms with Gasteiger partial charge in [0.05, 0.1) is 22.4 Å². The van der Waals surface area contributed by atoms with Crippen LogP contribution in [0.2, 0.25) is 5.02 Å². The first-order chi connectivity index (χ1) is 16.5. The molecule has 0 fully saturated rings. The van der Waals surface area contributed by atoms with Crippen molar-refractivity contribution in [2.75, 3.05) is 19.8 Å². The summed E-state index contributed by atoms with van der Waals surface area (Å²) in [5.74, 6) is 0.801. The summed E-state index contributed by atoms with van der Waals surface area (Å²) in [7, 11) is 0. The van der Waals surface area contributed by atoms with Crippen molar-refractivity contribution in [3.63, 3.8) is 0 Å². The molecule has 2 aliphatic heterocycles. The summed E-state index contributed by atoms with van der Waals surface area (Å²) in [6.45, 7) is 4.68. The molecule has 0 N–H and O–H groups in total. The Bertz CT molecular complexity index is 1500. The zero-order valence-corrected chi connectivity index (χ0v) is 20.1. The number of esters is 1. The van der Waals surface area contributed by atoms with Crippen LogP contribution in [0.3, 0.4) is 0 Å². The first-order valence-corrected chi connectivity index (χ1v) is 12.0. The van der Waals surface area contributed by atoms with Gasteiger partial charge in [0, 0.05) is 5.02 Å². The van der Waals surface area contributed by atoms with E-state index in [1.807, 2.05) is 30.3 Å². The Morgan fingerprint density at radius 3 is 2.76 bits per heavy atom. The molecule has 34 heavy (non-hydrogen) atoms. The van der Waals surface area contributed by atoms with Gasteiger partial charge in [-0.05, 0) is 49.2 Å². The Hall–Kier alpha value is -3.36. The van der Waals surface area contributed by atoms with Gasteiger partial charge >= 0.3 is 5.97 Å². The average Bonchev–Trinajstić information content (AvgIpc) is 3.13. The molecule has 5 rings (SSSR count). The van der Waals surface area contributed by atoms with Crippen molar-refractivity contribution in [1.82, 2.24) is 4.57 Å². The predicted octanol–water partition coefficient (Wildman–Crippen LogP) is 3.22. The zero-order chi connectivity index (χ0) is 23.8. The molecule has 0 saturated heterocycles. The molecular weight excluding hydrogens is 476 g/mol. The van der Waals surface area contributed by atoms with Crippen molar-refractivity contribution >= 4 is 35.0 Å². The fourth-order valence-electron chi connectivity index (χ4n) is 4.08. The van der Waals surface area contributed by atoms with E-state index in [-0.39, 0.29) is 12.2 Å². The number of hydrogen-bond acceptors (Lipinski definition) is 7. The summed E-state index contributed by atoms with van der Waals surface area (Å²) in [4.78, 5) is 31.6. The lowest BCUT2D eigenvalue weighted by Gasteiger charge is -2.25. The third kappa shape index (κ3) is 3.93. The molecule has 1 atom stereocenters. The quantitative estimate of drug-likeness (QED) is 0.518. The minimum Gasteiger partial charge on any atom is -0.486 e. The zero-order valence-electron chi connectivity index (χ0n) is 18.5. The Balaban J connectivity index is 1.70. The summed E-state index contributed by atoms with van der Waals surface area (Å²) >= 11 is 7.78. The molecule has 2 aromatic carbocycles. The highest BCUT2D eigenvalue weighted by Crippen LogP contribution is 2.34. The van der Waals surface area contributed by atoms with Gasteiger partial charge in [-0.25, -0.2) is 9.79 Å². The monoisotopic (exact) mass is 496 g/mol. The van der Waals surface area contributed by atoms with Gasteiger partial charge in [-0.1, -0.05) is 47.2 Å². The van der Waals surface area contributed by atoms with Gasteiger partial charge in [0.2, 0.25) is 0 Å². The van der Waals surface area contributed by atoms with E-state index in [0.717, 1.165) is 5.56 Å². The van der Waals surface area contributed by atoms with Crippen LogP contribution in [0.1, 0.15) is 31.0 Å². The number of fused-ring (bicyclic) bond motifs is 2. The van der Waals surface area contributed by atoms with Crippen molar-refractivity contribution in [3.05, 3.63) is 89.6 Å². The number of aromatic nitrogens is 1. The van der Waals surface area contributed by atoms with Gasteiger partial charge in [0.25, 0.3) is 5.56 Å². The van der Waals surface area contributed by atoms with Crippen LogP contribution < -0.4 is 24.4 Å². The third-order valence-electron chi connectivity index (χ3n) is 5.58. The average molecular weight is 497 g/mol. The second-order valence-corrected chi connectivity index (χ2v) is 9.14. The number of thiazole rings is 1. The molecule has 174 valence electrons. The standard InChI is InChI=1S/C25H21ClN2O5S/c1-3-31-24(30)21-14(2)27-25-28(22(21)16-6-4-5-7-17(16)26)23(29)20(34-25)13-15-8-9-18-19(12-15)33-11-10-32-18/h4-9,12-13,22H,3,10-11H2,1-2H3/b20-13-. The van der Waals surface area contributed by atoms with E-state index in [4.69, 9.17) is 25.8 Å². The summed E-state index contributed by atoms with van der Waals surface area (Å²) in [6, 6.07) is 12.0. The molecule has 0 saturated carbocycles. The number of carbonyl (C=O) groups is 1. The fraction of sp³-hybridized carbons (Fsp3) is 0.240. The lowest BCUT2D eigenvalue weighted by atomic mass is 9.96. The first-order valence-electron chi connectivity index (χ1n) is 10.8. The number of nitrogens with zero attached hydrogens (tertiary/aromatic N) is 2. The van der Waals surface area contributed by atoms with Gasteiger partial charge in [-0.2, -0.15) is 0 Å². The molecule has 7 nitrogen and oxygen atoms in total. The normalized spacial score (nSPS) is 17.3. The highest BCUT2D eigenvalue weighted by molar-refractivity contribution is 7.07. The van der Waals surface area contributed by atoms with Crippen LogP contribution in [-0.2, 0) is 9.53 Å². The highest BCUT2D eigenvalue weighted by Gasteiger charge is 2.34. The second kappa shape index (κ2) is 9.12. The van der Waals surface area contributed by atoms with E-state index in [1.54, 1.807) is 32.1 Å². The van der Waals surface area contributed by atoms with Crippen molar-refractivity contribution < 1.29 is 19.0 Å². The molecule has 0 aliphatic carbocycles. The molecule has 9 heteroatoms. The van der Waals surface area contributed by atoms with E-state index in [2.05, 4.69) is 4.99 Å². The SMILES string of the molecule is CCOC(=O)C1=C(C)N=c2s/c(=C\c3ccc4c(c3)OCCO4)c(=O)n2C1c1ccccc1Cl. The fourth-order valence-corrected chi connectivity index (χ4v) is 5.37. The van der Waals surface area contributed by atoms with Gasteiger partial charge in [-0.15, -0.1) is 0 Å². The van der Waals surface area contributed by atoms with Crippen molar-refractivity contribution in [3.8, 4) is 11.5 Å². The Morgan fingerprint density at radius 1 is 1.24 bits per heavy atom. The Labute approximate surface area is 204 Å². The van der Waals surface area contributed by atoms with Crippen molar-refractivity contribution in [2.24, 2.45) is 4.99 Å². The van der Waals surface area contributed by atoms with Gasteiger partial charge in [0.1, 0.15) is 19.3 Å². The van der Waals surface area contributed by atoms with Crippen LogP contribution in [-0.4, -0.2) is 30.4 Å². The van der Waals surface area contributed by atoms with E-state index < -0.39 is 12.0 Å². The van der Waals surface area contributed by atoms with Crippen molar-refractivity contribution in [1.29, 1.82) is 0 Å². The number of rotatable bonds is 4. The molecule has 2 aliphatic rings. The minimum absolute atomic E-state index is 0.208. The summed E-state index contributed by atoms with van der Waals surface area (Å²) < 4.78 is 18.6. The molecule has 3 heterocycles. The molecule has 0 amide bonds. The highest BCUT2D eigenvalue weighted by atomic mass is 35.5. The number of ether oxygens (including phenoxy) is 3. The maximum absolute atomic E-state index is 13.6. The number of allylic oxidation sites excluding steroid dienone is 1. The number of hydrogen-bond donors (Lipinski definition) is 0. The van der Waals surface area contributed by atoms with E-state index in [0.29, 0.717) is 55.9 Å².